The van der Waals surface area contributed by atoms with Crippen molar-refractivity contribution in [3.63, 3.8) is 0 Å². The highest BCUT2D eigenvalue weighted by atomic mass is 16.6. The van der Waals surface area contributed by atoms with E-state index in [4.69, 9.17) is 14.2 Å². The monoisotopic (exact) mass is 834 g/mol. The molecular formula is C52H83NO7. The summed E-state index contributed by atoms with van der Waals surface area (Å²) in [7, 11) is 5.38. The van der Waals surface area contributed by atoms with E-state index in [0.29, 0.717) is 12.8 Å². The zero-order valence-corrected chi connectivity index (χ0v) is 38.3. The lowest BCUT2D eigenvalue weighted by molar-refractivity contribution is -0.889. The number of hydrogen-bond donors (Lipinski definition) is 0. The molecule has 8 heteroatoms. The SMILES string of the molecule is CC/C=C/C=C/C=C/C=C/C=C/C=C/CCCCCC(=O)OC(COCCC(C(=O)[O-])[N+](C)(C)C)COC(=O)CCCCCCCCCCC/C=C/C/C=C/C/C=C/CC. The first kappa shape index (κ1) is 56.0. The molecule has 0 saturated carbocycles. The molecule has 0 saturated heterocycles. The van der Waals surface area contributed by atoms with Crippen LogP contribution >= 0.6 is 0 Å². The molecule has 0 aliphatic rings. The molecule has 0 radical (unpaired) electrons. The number of unbranched alkanes of at least 4 members (excludes halogenated alkanes) is 12. The summed E-state index contributed by atoms with van der Waals surface area (Å²) in [6.45, 7) is 4.33. The van der Waals surface area contributed by atoms with E-state index in [2.05, 4.69) is 62.5 Å². The number of allylic oxidation sites excluding steroid dienone is 18. The Morgan fingerprint density at radius 1 is 0.517 bits per heavy atom. The van der Waals surface area contributed by atoms with Crippen LogP contribution in [0.5, 0.6) is 0 Å². The smallest absolute Gasteiger partial charge is 0.306 e. The first-order valence-electron chi connectivity index (χ1n) is 23.0. The van der Waals surface area contributed by atoms with E-state index < -0.39 is 18.1 Å². The van der Waals surface area contributed by atoms with Crippen LogP contribution in [0, 0.1) is 0 Å². The normalized spacial score (nSPS) is 13.9. The maximum absolute atomic E-state index is 12.7. The molecule has 0 spiro atoms. The van der Waals surface area contributed by atoms with Crippen LogP contribution in [0.15, 0.2) is 109 Å². The Hall–Kier alpha value is -4.01. The number of carbonyl (C=O) groups is 3. The van der Waals surface area contributed by atoms with Gasteiger partial charge in [-0.3, -0.25) is 9.59 Å². The van der Waals surface area contributed by atoms with Gasteiger partial charge in [-0.2, -0.15) is 0 Å². The quantitative estimate of drug-likeness (QED) is 0.0200. The van der Waals surface area contributed by atoms with Gasteiger partial charge in [0.05, 0.1) is 40.3 Å². The van der Waals surface area contributed by atoms with E-state index in [1.54, 1.807) is 21.1 Å². The van der Waals surface area contributed by atoms with E-state index in [1.165, 1.54) is 38.5 Å². The van der Waals surface area contributed by atoms with Gasteiger partial charge in [-0.15, -0.1) is 0 Å². The van der Waals surface area contributed by atoms with Crippen molar-refractivity contribution in [1.29, 1.82) is 0 Å². The maximum atomic E-state index is 12.7. The van der Waals surface area contributed by atoms with Crippen LogP contribution in [-0.4, -0.2) is 75.5 Å². The number of carbonyl (C=O) groups excluding carboxylic acids is 3. The Bertz CT molecular complexity index is 1340. The van der Waals surface area contributed by atoms with Crippen molar-refractivity contribution in [3.8, 4) is 0 Å². The van der Waals surface area contributed by atoms with Crippen LogP contribution in [0.3, 0.4) is 0 Å². The summed E-state index contributed by atoms with van der Waals surface area (Å²) in [6, 6.07) is -0.742. The van der Waals surface area contributed by atoms with Crippen molar-refractivity contribution < 1.29 is 38.2 Å². The highest BCUT2D eigenvalue weighted by Crippen LogP contribution is 2.13. The highest BCUT2D eigenvalue weighted by molar-refractivity contribution is 5.70. The predicted octanol–water partition coefficient (Wildman–Crippen LogP) is 11.5. The first-order valence-corrected chi connectivity index (χ1v) is 23.0. The van der Waals surface area contributed by atoms with E-state index in [9.17, 15) is 19.5 Å². The molecule has 0 rings (SSSR count). The Balaban J connectivity index is 4.42. The number of carboxylic acid groups (broad SMARTS) is 1. The average Bonchev–Trinajstić information content (AvgIpc) is 3.21. The Labute approximate surface area is 366 Å². The van der Waals surface area contributed by atoms with E-state index in [1.807, 2.05) is 60.8 Å². The van der Waals surface area contributed by atoms with Crippen LogP contribution < -0.4 is 5.11 Å². The topological polar surface area (TPSA) is 102 Å². The molecule has 8 nitrogen and oxygen atoms in total. The van der Waals surface area contributed by atoms with Gasteiger partial charge < -0.3 is 28.6 Å². The molecule has 0 N–H and O–H groups in total. The van der Waals surface area contributed by atoms with Gasteiger partial charge in [0.15, 0.2) is 6.10 Å². The Kier molecular flexibility index (Phi) is 38.9. The van der Waals surface area contributed by atoms with Gasteiger partial charge in [0.1, 0.15) is 12.6 Å². The largest absolute Gasteiger partial charge is 0.544 e. The summed E-state index contributed by atoms with van der Waals surface area (Å²) < 4.78 is 17.1. The summed E-state index contributed by atoms with van der Waals surface area (Å²) in [5.74, 6) is -1.82. The number of nitrogens with zero attached hydrogens (tertiary/aromatic N) is 1. The summed E-state index contributed by atoms with van der Waals surface area (Å²) >= 11 is 0. The molecule has 0 aromatic heterocycles. The molecule has 60 heavy (non-hydrogen) atoms. The lowest BCUT2D eigenvalue weighted by Gasteiger charge is -2.34. The fraction of sp³-hybridized carbons (Fsp3) is 0.596. The van der Waals surface area contributed by atoms with Gasteiger partial charge in [-0.05, 0) is 64.2 Å². The van der Waals surface area contributed by atoms with E-state index in [0.717, 1.165) is 70.6 Å². The molecule has 0 aromatic carbocycles. The number of likely N-dealkylation sites (N-methyl/N-ethyl adjacent to an activating group) is 1. The number of quaternary nitrogens is 1. The zero-order valence-electron chi connectivity index (χ0n) is 38.3. The Morgan fingerprint density at radius 2 is 0.967 bits per heavy atom. The van der Waals surface area contributed by atoms with E-state index in [-0.39, 0.29) is 49.1 Å². The molecular weight excluding hydrogens is 751 g/mol. The standard InChI is InChI=1S/C52H83NO7/c1-6-8-10-12-14-16-18-20-22-24-25-27-28-30-32-34-36-38-40-42-50(54)59-47-48(46-58-45-44-49(52(56)57)53(3,4)5)60-51(55)43-41-39-37-35-33-31-29-26-23-21-19-17-15-13-11-9-7-2/h8-11,13-17,19-23,26,29,31,33,48-49H,6-7,12,18,24-25,27-28,30,32,34-47H2,1-5H3/b10-8+,11-9+,15-13+,16-14+,19-17+,22-20+,23-21+,29-26+,33-31+. The molecule has 2 unspecified atom stereocenters. The zero-order chi connectivity index (χ0) is 44.2. The second-order valence-electron chi connectivity index (χ2n) is 16.0. The number of aliphatic carboxylic acids is 1. The molecule has 0 bridgehead atoms. The molecule has 338 valence electrons. The van der Waals surface area contributed by atoms with Crippen LogP contribution in [0.25, 0.3) is 0 Å². The fourth-order valence-corrected chi connectivity index (χ4v) is 6.06. The Morgan fingerprint density at radius 3 is 1.52 bits per heavy atom. The molecule has 0 aliphatic heterocycles. The predicted molar refractivity (Wildman–Crippen MR) is 249 cm³/mol. The van der Waals surface area contributed by atoms with Crippen molar-refractivity contribution in [2.75, 3.05) is 41.0 Å². The van der Waals surface area contributed by atoms with Gasteiger partial charge >= 0.3 is 11.9 Å². The second kappa shape index (κ2) is 41.7. The van der Waals surface area contributed by atoms with E-state index >= 15 is 0 Å². The lowest BCUT2D eigenvalue weighted by atomic mass is 10.1. The highest BCUT2D eigenvalue weighted by Gasteiger charge is 2.25. The van der Waals surface area contributed by atoms with Gasteiger partial charge in [0.25, 0.3) is 0 Å². The number of rotatable bonds is 39. The molecule has 0 aromatic rings. The lowest BCUT2D eigenvalue weighted by Crippen LogP contribution is -2.55. The maximum Gasteiger partial charge on any atom is 0.306 e. The summed E-state index contributed by atoms with van der Waals surface area (Å²) in [4.78, 5) is 36.9. The third-order valence-electron chi connectivity index (χ3n) is 9.57. The van der Waals surface area contributed by atoms with Crippen molar-refractivity contribution in [1.82, 2.24) is 0 Å². The summed E-state index contributed by atoms with van der Waals surface area (Å²) in [6.07, 6.45) is 56.8. The van der Waals surface area contributed by atoms with Crippen LogP contribution in [0.4, 0.5) is 0 Å². The van der Waals surface area contributed by atoms with Gasteiger partial charge in [0.2, 0.25) is 0 Å². The molecule has 0 aliphatic carbocycles. The third-order valence-corrected chi connectivity index (χ3v) is 9.57. The van der Waals surface area contributed by atoms with Crippen molar-refractivity contribution in [2.45, 2.75) is 161 Å². The molecule has 0 fully saturated rings. The average molecular weight is 834 g/mol. The number of ether oxygens (including phenoxy) is 3. The van der Waals surface area contributed by atoms with Crippen molar-refractivity contribution in [2.24, 2.45) is 0 Å². The van der Waals surface area contributed by atoms with Gasteiger partial charge in [-0.25, -0.2) is 0 Å². The van der Waals surface area contributed by atoms with Gasteiger partial charge in [0, 0.05) is 19.3 Å². The first-order chi connectivity index (χ1) is 29.1. The van der Waals surface area contributed by atoms with Crippen molar-refractivity contribution in [3.05, 3.63) is 109 Å². The van der Waals surface area contributed by atoms with Crippen LogP contribution in [-0.2, 0) is 28.6 Å². The summed E-state index contributed by atoms with van der Waals surface area (Å²) in [5.41, 5.74) is 0. The van der Waals surface area contributed by atoms with Crippen molar-refractivity contribution >= 4 is 17.9 Å². The second-order valence-corrected chi connectivity index (χ2v) is 16.0. The third kappa shape index (κ3) is 39.5. The summed E-state index contributed by atoms with van der Waals surface area (Å²) in [5, 5.41) is 11.6. The van der Waals surface area contributed by atoms with Crippen LogP contribution in [0.2, 0.25) is 0 Å². The van der Waals surface area contributed by atoms with Crippen LogP contribution in [0.1, 0.15) is 149 Å². The minimum absolute atomic E-state index is 0.0130. The number of hydrogen-bond acceptors (Lipinski definition) is 7. The van der Waals surface area contributed by atoms with Gasteiger partial charge in [-0.1, -0.05) is 175 Å². The fourth-order valence-electron chi connectivity index (χ4n) is 6.06. The minimum Gasteiger partial charge on any atom is -0.544 e. The molecule has 0 amide bonds. The number of esters is 2. The molecule has 2 atom stereocenters. The minimum atomic E-state index is -1.14. The molecule has 0 heterocycles. The number of carboxylic acids is 1.